The zero-order valence-electron chi connectivity index (χ0n) is 21.1. The van der Waals surface area contributed by atoms with Gasteiger partial charge in [0.2, 0.25) is 0 Å². The first kappa shape index (κ1) is 25.1. The smallest absolute Gasteiger partial charge is 0.186 e. The second-order valence-electron chi connectivity index (χ2n) is 9.61. The summed E-state index contributed by atoms with van der Waals surface area (Å²) in [6.45, 7) is 4.07. The molecule has 0 spiro atoms. The highest BCUT2D eigenvalue weighted by Crippen LogP contribution is 2.47. The fraction of sp³-hybridized carbons (Fsp3) is 0.267. The number of sulfone groups is 1. The standard InChI is InChI=1S/C30H29NO5S/c1-20-12-15-27(35-3)25(16-20)30(17-23(18-36-30)22-8-5-4-6-9-22)29(32)19-37(33,34)28-11-7-10-26-24(28)14-13-21(2)31-26/h4-16,23H,17-19H2,1-3H3/t23-,30+/m1/s1. The molecule has 1 aliphatic rings. The van der Waals surface area contributed by atoms with E-state index >= 15 is 0 Å². The number of ether oxygens (including phenoxy) is 2. The van der Waals surface area contributed by atoms with Crippen LogP contribution in [0.3, 0.4) is 0 Å². The molecule has 4 aromatic rings. The van der Waals surface area contributed by atoms with E-state index in [1.165, 1.54) is 13.2 Å². The number of nitrogens with zero attached hydrogens (tertiary/aromatic N) is 1. The Balaban J connectivity index is 1.58. The molecule has 1 saturated heterocycles. The monoisotopic (exact) mass is 515 g/mol. The molecular weight excluding hydrogens is 486 g/mol. The molecule has 0 aliphatic carbocycles. The SMILES string of the molecule is COc1ccc(C)cc1[C@]1(C(=O)CS(=O)(=O)c2cccc3nc(C)ccc23)C[C@@H](c2ccccc2)CO1. The lowest BCUT2D eigenvalue weighted by molar-refractivity contribution is -0.137. The molecule has 0 amide bonds. The van der Waals surface area contributed by atoms with Crippen LogP contribution in [0.2, 0.25) is 0 Å². The lowest BCUT2D eigenvalue weighted by atomic mass is 9.81. The Bertz CT molecular complexity index is 1580. The van der Waals surface area contributed by atoms with Crippen LogP contribution in [0.15, 0.2) is 83.8 Å². The number of rotatable bonds is 7. The number of aromatic nitrogens is 1. The number of hydrogen-bond donors (Lipinski definition) is 0. The van der Waals surface area contributed by atoms with E-state index in [1.807, 2.05) is 56.3 Å². The van der Waals surface area contributed by atoms with Gasteiger partial charge in [-0.2, -0.15) is 0 Å². The molecule has 1 aliphatic heterocycles. The van der Waals surface area contributed by atoms with Crippen molar-refractivity contribution < 1.29 is 22.7 Å². The number of benzene rings is 3. The number of fused-ring (bicyclic) bond motifs is 1. The van der Waals surface area contributed by atoms with Crippen molar-refractivity contribution in [2.75, 3.05) is 19.5 Å². The molecule has 0 bridgehead atoms. The Kier molecular flexibility index (Phi) is 6.60. The highest BCUT2D eigenvalue weighted by molar-refractivity contribution is 7.92. The van der Waals surface area contributed by atoms with Crippen molar-refractivity contribution >= 4 is 26.5 Å². The number of aryl methyl sites for hydroxylation is 2. The van der Waals surface area contributed by atoms with E-state index in [9.17, 15) is 13.2 Å². The van der Waals surface area contributed by atoms with E-state index in [-0.39, 0.29) is 10.8 Å². The Labute approximate surface area is 217 Å². The minimum Gasteiger partial charge on any atom is -0.496 e. The average molecular weight is 516 g/mol. The van der Waals surface area contributed by atoms with Gasteiger partial charge in [-0.25, -0.2) is 8.42 Å². The third kappa shape index (κ3) is 4.65. The fourth-order valence-corrected chi connectivity index (χ4v) is 6.71. The summed E-state index contributed by atoms with van der Waals surface area (Å²) in [7, 11) is -2.47. The minimum absolute atomic E-state index is 0.0668. The molecule has 5 rings (SSSR count). The van der Waals surface area contributed by atoms with E-state index in [1.54, 1.807) is 30.3 Å². The van der Waals surface area contributed by atoms with Gasteiger partial charge in [0.05, 0.1) is 24.1 Å². The number of methoxy groups -OCH3 is 1. The lowest BCUT2D eigenvalue weighted by Crippen LogP contribution is -2.40. The first-order valence-corrected chi connectivity index (χ1v) is 13.9. The topological polar surface area (TPSA) is 82.6 Å². The fourth-order valence-electron chi connectivity index (χ4n) is 5.18. The molecule has 37 heavy (non-hydrogen) atoms. The molecule has 0 radical (unpaired) electrons. The molecule has 1 aromatic heterocycles. The molecule has 2 heterocycles. The van der Waals surface area contributed by atoms with Gasteiger partial charge >= 0.3 is 0 Å². The zero-order chi connectivity index (χ0) is 26.2. The van der Waals surface area contributed by atoms with Crippen LogP contribution < -0.4 is 4.74 Å². The summed E-state index contributed by atoms with van der Waals surface area (Å²) >= 11 is 0. The van der Waals surface area contributed by atoms with Crippen LogP contribution in [0.4, 0.5) is 0 Å². The highest BCUT2D eigenvalue weighted by atomic mass is 32.2. The Morgan fingerprint density at radius 3 is 2.57 bits per heavy atom. The summed E-state index contributed by atoms with van der Waals surface area (Å²) in [5.74, 6) is -0.775. The average Bonchev–Trinajstić information content (AvgIpc) is 3.35. The van der Waals surface area contributed by atoms with Crippen molar-refractivity contribution in [3.63, 3.8) is 0 Å². The number of carbonyl (C=O) groups is 1. The largest absolute Gasteiger partial charge is 0.496 e. The highest BCUT2D eigenvalue weighted by Gasteiger charge is 2.51. The van der Waals surface area contributed by atoms with Crippen LogP contribution in [-0.4, -0.2) is 38.7 Å². The molecule has 6 nitrogen and oxygen atoms in total. The summed E-state index contributed by atoms with van der Waals surface area (Å²) in [5.41, 5.74) is 2.43. The summed E-state index contributed by atoms with van der Waals surface area (Å²) in [4.78, 5) is 18.7. The van der Waals surface area contributed by atoms with Crippen LogP contribution >= 0.6 is 0 Å². The Hall–Kier alpha value is -3.55. The number of hydrogen-bond acceptors (Lipinski definition) is 6. The van der Waals surface area contributed by atoms with Crippen molar-refractivity contribution in [1.82, 2.24) is 4.98 Å². The van der Waals surface area contributed by atoms with Crippen LogP contribution in [0, 0.1) is 13.8 Å². The molecule has 1 fully saturated rings. The maximum absolute atomic E-state index is 14.1. The first-order chi connectivity index (χ1) is 17.7. The van der Waals surface area contributed by atoms with Crippen molar-refractivity contribution in [1.29, 1.82) is 0 Å². The number of pyridine rings is 1. The molecule has 7 heteroatoms. The zero-order valence-corrected chi connectivity index (χ0v) is 21.9. The van der Waals surface area contributed by atoms with Crippen LogP contribution in [0.1, 0.15) is 34.7 Å². The van der Waals surface area contributed by atoms with Gasteiger partial charge in [-0.15, -0.1) is 0 Å². The summed E-state index contributed by atoms with van der Waals surface area (Å²) < 4.78 is 39.4. The van der Waals surface area contributed by atoms with Crippen LogP contribution in [0.25, 0.3) is 10.9 Å². The van der Waals surface area contributed by atoms with Gasteiger partial charge in [-0.1, -0.05) is 48.0 Å². The molecule has 0 unspecified atom stereocenters. The quantitative estimate of drug-likeness (QED) is 0.332. The van der Waals surface area contributed by atoms with Crippen LogP contribution in [0.5, 0.6) is 5.75 Å². The second-order valence-corrected chi connectivity index (χ2v) is 11.6. The van der Waals surface area contributed by atoms with E-state index < -0.39 is 27.0 Å². The predicted octanol–water partition coefficient (Wildman–Crippen LogP) is 5.30. The number of carbonyl (C=O) groups excluding carboxylic acids is 1. The van der Waals surface area contributed by atoms with Gasteiger partial charge in [-0.3, -0.25) is 9.78 Å². The third-order valence-electron chi connectivity index (χ3n) is 7.06. The third-order valence-corrected chi connectivity index (χ3v) is 8.73. The van der Waals surface area contributed by atoms with E-state index in [2.05, 4.69) is 4.98 Å². The molecule has 0 saturated carbocycles. The molecule has 0 N–H and O–H groups in total. The van der Waals surface area contributed by atoms with Gasteiger partial charge < -0.3 is 9.47 Å². The normalized spacial score (nSPS) is 19.7. The van der Waals surface area contributed by atoms with Crippen molar-refractivity contribution in [2.45, 2.75) is 36.7 Å². The molecule has 190 valence electrons. The van der Waals surface area contributed by atoms with E-state index in [0.717, 1.165) is 16.8 Å². The maximum atomic E-state index is 14.1. The van der Waals surface area contributed by atoms with Crippen LogP contribution in [-0.2, 0) is 25.0 Å². The predicted molar refractivity (Wildman–Crippen MR) is 143 cm³/mol. The minimum atomic E-state index is -4.00. The van der Waals surface area contributed by atoms with Crippen molar-refractivity contribution in [3.8, 4) is 5.75 Å². The lowest BCUT2D eigenvalue weighted by Gasteiger charge is -2.29. The summed E-state index contributed by atoms with van der Waals surface area (Å²) in [5, 5.41) is 0.498. The van der Waals surface area contributed by atoms with Crippen molar-refractivity contribution in [3.05, 3.63) is 101 Å². The van der Waals surface area contributed by atoms with Gasteiger partial charge in [0.25, 0.3) is 0 Å². The maximum Gasteiger partial charge on any atom is 0.186 e. The molecule has 2 atom stereocenters. The second kappa shape index (κ2) is 9.72. The number of ketones is 1. The van der Waals surface area contributed by atoms with E-state index in [4.69, 9.17) is 9.47 Å². The van der Waals surface area contributed by atoms with Gasteiger partial charge in [0.15, 0.2) is 21.2 Å². The van der Waals surface area contributed by atoms with Gasteiger partial charge in [0, 0.05) is 22.6 Å². The molecular formula is C30H29NO5S. The Morgan fingerprint density at radius 2 is 1.81 bits per heavy atom. The molecule has 3 aromatic carbocycles. The van der Waals surface area contributed by atoms with Gasteiger partial charge in [-0.05, 0) is 62.2 Å². The van der Waals surface area contributed by atoms with E-state index in [0.29, 0.717) is 35.2 Å². The van der Waals surface area contributed by atoms with Gasteiger partial charge in [0.1, 0.15) is 11.5 Å². The summed E-state index contributed by atoms with van der Waals surface area (Å²) in [6.07, 6.45) is 0.321. The summed E-state index contributed by atoms with van der Waals surface area (Å²) in [6, 6.07) is 23.9. The Morgan fingerprint density at radius 1 is 1.03 bits per heavy atom. The number of Topliss-reactive ketones (excluding diaryl/α,β-unsaturated/α-hetero) is 1. The van der Waals surface area contributed by atoms with Crippen molar-refractivity contribution in [2.24, 2.45) is 0 Å². The first-order valence-electron chi connectivity index (χ1n) is 12.2.